The quantitative estimate of drug-likeness (QED) is 0.639. The lowest BCUT2D eigenvalue weighted by atomic mass is 9.69. The van der Waals surface area contributed by atoms with Crippen molar-refractivity contribution < 1.29 is 8.78 Å². The van der Waals surface area contributed by atoms with Crippen LogP contribution in [0, 0.1) is 23.5 Å². The maximum Gasteiger partial charge on any atom is 0.162 e. The van der Waals surface area contributed by atoms with Crippen molar-refractivity contribution in [2.75, 3.05) is 0 Å². The van der Waals surface area contributed by atoms with Crippen LogP contribution in [0.25, 0.3) is 0 Å². The van der Waals surface area contributed by atoms with Crippen molar-refractivity contribution in [3.05, 3.63) is 35.4 Å². The zero-order chi connectivity index (χ0) is 13.9. The Labute approximate surface area is 120 Å². The number of halogens is 2. The molecule has 2 heteroatoms. The van der Waals surface area contributed by atoms with Crippen LogP contribution in [0.3, 0.4) is 0 Å². The van der Waals surface area contributed by atoms with Gasteiger partial charge in [-0.3, -0.25) is 0 Å². The van der Waals surface area contributed by atoms with Crippen LogP contribution in [0.15, 0.2) is 18.2 Å². The van der Waals surface area contributed by atoms with Gasteiger partial charge in [0, 0.05) is 0 Å². The first-order valence-electron chi connectivity index (χ1n) is 8.19. The van der Waals surface area contributed by atoms with Crippen LogP contribution in [-0.2, 0) is 0 Å². The lowest BCUT2D eigenvalue weighted by molar-refractivity contribution is 0.181. The zero-order valence-corrected chi connectivity index (χ0v) is 12.1. The molecule has 2 saturated carbocycles. The minimum Gasteiger partial charge on any atom is -0.204 e. The summed E-state index contributed by atoms with van der Waals surface area (Å²) in [5.41, 5.74) is 0.616. The molecule has 1 aromatic carbocycles. The Bertz CT molecular complexity index is 449. The molecule has 2 aliphatic carbocycles. The van der Waals surface area contributed by atoms with Gasteiger partial charge in [0.1, 0.15) is 0 Å². The van der Waals surface area contributed by atoms with E-state index in [0.717, 1.165) is 24.7 Å². The fraction of sp³-hybridized carbons (Fsp3) is 0.667. The normalized spacial score (nSPS) is 28.5. The highest BCUT2D eigenvalue weighted by Crippen LogP contribution is 2.44. The molecule has 0 amide bonds. The Balaban J connectivity index is 1.72. The van der Waals surface area contributed by atoms with E-state index in [1.165, 1.54) is 51.0 Å². The standard InChI is InChI=1S/C18H24F2/c19-17-11-5-10-16(18(17)20)15-9-4-8-14(12-15)13-6-2-1-3-7-13/h5,10-11,13-15H,1-4,6-9,12H2. The van der Waals surface area contributed by atoms with Crippen LogP contribution in [0.2, 0.25) is 0 Å². The number of hydrogen-bond acceptors (Lipinski definition) is 0. The van der Waals surface area contributed by atoms with E-state index in [1.807, 2.05) is 0 Å². The lowest BCUT2D eigenvalue weighted by Crippen LogP contribution is -2.24. The van der Waals surface area contributed by atoms with E-state index in [1.54, 1.807) is 12.1 Å². The molecule has 20 heavy (non-hydrogen) atoms. The number of hydrogen-bond donors (Lipinski definition) is 0. The SMILES string of the molecule is Fc1cccc(C2CCCC(C3CCCCC3)C2)c1F. The summed E-state index contributed by atoms with van der Waals surface area (Å²) >= 11 is 0. The molecule has 0 bridgehead atoms. The molecule has 0 nitrogen and oxygen atoms in total. The molecule has 2 aliphatic rings. The van der Waals surface area contributed by atoms with Crippen LogP contribution >= 0.6 is 0 Å². The minimum absolute atomic E-state index is 0.228. The molecule has 0 radical (unpaired) electrons. The van der Waals surface area contributed by atoms with E-state index in [9.17, 15) is 8.78 Å². The largest absolute Gasteiger partial charge is 0.204 e. The number of benzene rings is 1. The van der Waals surface area contributed by atoms with Gasteiger partial charge in [-0.2, -0.15) is 0 Å². The van der Waals surface area contributed by atoms with E-state index in [4.69, 9.17) is 0 Å². The number of rotatable bonds is 2. The molecule has 110 valence electrons. The van der Waals surface area contributed by atoms with Crippen molar-refractivity contribution in [3.63, 3.8) is 0 Å². The average molecular weight is 278 g/mol. The predicted octanol–water partition coefficient (Wildman–Crippen LogP) is 5.82. The molecule has 2 fully saturated rings. The summed E-state index contributed by atoms with van der Waals surface area (Å²) in [5, 5.41) is 0. The summed E-state index contributed by atoms with van der Waals surface area (Å²) in [6.45, 7) is 0. The molecule has 0 aromatic heterocycles. The van der Waals surface area contributed by atoms with Gasteiger partial charge in [-0.15, -0.1) is 0 Å². The molecule has 0 spiro atoms. The second-order valence-electron chi connectivity index (χ2n) is 6.66. The van der Waals surface area contributed by atoms with E-state index in [-0.39, 0.29) is 5.92 Å². The molecule has 3 rings (SSSR count). The fourth-order valence-electron chi connectivity index (χ4n) is 4.38. The Morgan fingerprint density at radius 2 is 1.55 bits per heavy atom. The topological polar surface area (TPSA) is 0 Å². The van der Waals surface area contributed by atoms with Crippen LogP contribution in [0.5, 0.6) is 0 Å². The molecule has 0 saturated heterocycles. The Hall–Kier alpha value is -0.920. The van der Waals surface area contributed by atoms with Crippen molar-refractivity contribution in [3.8, 4) is 0 Å². The molecule has 1 aromatic rings. The van der Waals surface area contributed by atoms with Gasteiger partial charge in [0.25, 0.3) is 0 Å². The van der Waals surface area contributed by atoms with Crippen LogP contribution in [0.1, 0.15) is 69.3 Å². The van der Waals surface area contributed by atoms with E-state index < -0.39 is 11.6 Å². The van der Waals surface area contributed by atoms with Gasteiger partial charge < -0.3 is 0 Å². The zero-order valence-electron chi connectivity index (χ0n) is 12.1. The molecule has 0 aliphatic heterocycles. The summed E-state index contributed by atoms with van der Waals surface area (Å²) < 4.78 is 27.4. The van der Waals surface area contributed by atoms with Gasteiger partial charge >= 0.3 is 0 Å². The highest BCUT2D eigenvalue weighted by atomic mass is 19.2. The van der Waals surface area contributed by atoms with Crippen LogP contribution in [-0.4, -0.2) is 0 Å². The monoisotopic (exact) mass is 278 g/mol. The lowest BCUT2D eigenvalue weighted by Gasteiger charge is -2.36. The van der Waals surface area contributed by atoms with Crippen molar-refractivity contribution in [1.82, 2.24) is 0 Å². The summed E-state index contributed by atoms with van der Waals surface area (Å²) in [4.78, 5) is 0. The molecule has 2 unspecified atom stereocenters. The van der Waals surface area contributed by atoms with Crippen molar-refractivity contribution in [2.45, 2.75) is 63.7 Å². The first kappa shape index (κ1) is 14.0. The third-order valence-corrected chi connectivity index (χ3v) is 5.45. The Morgan fingerprint density at radius 1 is 0.800 bits per heavy atom. The molecule has 0 heterocycles. The van der Waals surface area contributed by atoms with Gasteiger partial charge in [0.2, 0.25) is 0 Å². The highest BCUT2D eigenvalue weighted by molar-refractivity contribution is 5.23. The first-order chi connectivity index (χ1) is 9.75. The van der Waals surface area contributed by atoms with Crippen LogP contribution in [0.4, 0.5) is 8.78 Å². The van der Waals surface area contributed by atoms with E-state index >= 15 is 0 Å². The smallest absolute Gasteiger partial charge is 0.162 e. The molecular formula is C18H24F2. The highest BCUT2D eigenvalue weighted by Gasteiger charge is 2.31. The maximum atomic E-state index is 14.0. The van der Waals surface area contributed by atoms with Gasteiger partial charge in [-0.1, -0.05) is 57.1 Å². The van der Waals surface area contributed by atoms with E-state index in [2.05, 4.69) is 0 Å². The maximum absolute atomic E-state index is 14.0. The minimum atomic E-state index is -0.692. The van der Waals surface area contributed by atoms with Gasteiger partial charge in [-0.05, 0) is 42.2 Å². The summed E-state index contributed by atoms with van der Waals surface area (Å²) in [7, 11) is 0. The van der Waals surface area contributed by atoms with Crippen LogP contribution < -0.4 is 0 Å². The third-order valence-electron chi connectivity index (χ3n) is 5.45. The van der Waals surface area contributed by atoms with Crippen molar-refractivity contribution >= 4 is 0 Å². The van der Waals surface area contributed by atoms with Gasteiger partial charge in [0.15, 0.2) is 11.6 Å². The summed E-state index contributed by atoms with van der Waals surface area (Å²) in [6.07, 6.45) is 11.3. The summed E-state index contributed by atoms with van der Waals surface area (Å²) in [6, 6.07) is 4.66. The third kappa shape index (κ3) is 2.89. The predicted molar refractivity (Wildman–Crippen MR) is 77.6 cm³/mol. The molecule has 0 N–H and O–H groups in total. The molecular weight excluding hydrogens is 254 g/mol. The first-order valence-corrected chi connectivity index (χ1v) is 8.19. The molecule has 2 atom stereocenters. The average Bonchev–Trinajstić information content (AvgIpc) is 2.51. The van der Waals surface area contributed by atoms with Crippen molar-refractivity contribution in [2.24, 2.45) is 11.8 Å². The second-order valence-corrected chi connectivity index (χ2v) is 6.66. The second kappa shape index (κ2) is 6.24. The van der Waals surface area contributed by atoms with Gasteiger partial charge in [0.05, 0.1) is 0 Å². The van der Waals surface area contributed by atoms with Crippen molar-refractivity contribution in [1.29, 1.82) is 0 Å². The van der Waals surface area contributed by atoms with E-state index in [0.29, 0.717) is 5.56 Å². The Morgan fingerprint density at radius 3 is 2.35 bits per heavy atom. The van der Waals surface area contributed by atoms with Gasteiger partial charge in [-0.25, -0.2) is 8.78 Å². The summed E-state index contributed by atoms with van der Waals surface area (Å²) in [5.74, 6) is 0.496. The Kier molecular flexibility index (Phi) is 4.38. The fourth-order valence-corrected chi connectivity index (χ4v) is 4.38.